The van der Waals surface area contributed by atoms with Crippen molar-refractivity contribution in [3.8, 4) is 11.5 Å². The second-order valence-corrected chi connectivity index (χ2v) is 3.41. The van der Waals surface area contributed by atoms with Crippen molar-refractivity contribution < 1.29 is 14.6 Å². The molecule has 1 N–H and O–H groups in total. The minimum absolute atomic E-state index is 0.462. The lowest BCUT2D eigenvalue weighted by atomic mass is 10.0. The summed E-state index contributed by atoms with van der Waals surface area (Å²) in [4.78, 5) is 0. The highest BCUT2D eigenvalue weighted by molar-refractivity contribution is 5.41. The van der Waals surface area contributed by atoms with Gasteiger partial charge < -0.3 is 14.6 Å². The molecule has 1 aromatic carbocycles. The highest BCUT2D eigenvalue weighted by Crippen LogP contribution is 2.31. The third-order valence-electron chi connectivity index (χ3n) is 2.36. The van der Waals surface area contributed by atoms with Crippen LogP contribution in [0.25, 0.3) is 0 Å². The normalized spacial score (nSPS) is 12.3. The second kappa shape index (κ2) is 5.61. The van der Waals surface area contributed by atoms with E-state index in [-0.39, 0.29) is 0 Å². The topological polar surface area (TPSA) is 38.7 Å². The predicted molar refractivity (Wildman–Crippen MR) is 59.4 cm³/mol. The number of rotatable bonds is 5. The monoisotopic (exact) mass is 210 g/mol. The Morgan fingerprint density at radius 1 is 1.27 bits per heavy atom. The standard InChI is InChI=1S/C12H18O3/c1-4-5-11(13)10-7-6-9(14-2)8-12(10)15-3/h6-8,11,13H,4-5H2,1-3H3. The Morgan fingerprint density at radius 3 is 2.53 bits per heavy atom. The molecular formula is C12H18O3. The largest absolute Gasteiger partial charge is 0.497 e. The van der Waals surface area contributed by atoms with Crippen LogP contribution in [0, 0.1) is 0 Å². The summed E-state index contributed by atoms with van der Waals surface area (Å²) in [5.41, 5.74) is 0.820. The molecule has 0 amide bonds. The van der Waals surface area contributed by atoms with Crippen LogP contribution >= 0.6 is 0 Å². The first-order chi connectivity index (χ1) is 7.22. The van der Waals surface area contributed by atoms with Crippen LogP contribution in [0.3, 0.4) is 0 Å². The summed E-state index contributed by atoms with van der Waals surface area (Å²) < 4.78 is 10.3. The van der Waals surface area contributed by atoms with E-state index in [0.717, 1.165) is 24.2 Å². The summed E-state index contributed by atoms with van der Waals surface area (Å²) >= 11 is 0. The molecular weight excluding hydrogens is 192 g/mol. The van der Waals surface area contributed by atoms with E-state index in [9.17, 15) is 5.11 Å². The number of hydrogen-bond acceptors (Lipinski definition) is 3. The van der Waals surface area contributed by atoms with Gasteiger partial charge in [-0.15, -0.1) is 0 Å². The van der Waals surface area contributed by atoms with Crippen molar-refractivity contribution in [2.24, 2.45) is 0 Å². The molecule has 0 saturated heterocycles. The molecule has 1 aromatic rings. The Labute approximate surface area is 90.6 Å². The van der Waals surface area contributed by atoms with E-state index in [0.29, 0.717) is 5.75 Å². The lowest BCUT2D eigenvalue weighted by molar-refractivity contribution is 0.162. The minimum Gasteiger partial charge on any atom is -0.497 e. The SMILES string of the molecule is CCCC(O)c1ccc(OC)cc1OC. The Kier molecular flexibility index (Phi) is 4.43. The zero-order valence-electron chi connectivity index (χ0n) is 9.49. The Balaban J connectivity index is 2.96. The first-order valence-electron chi connectivity index (χ1n) is 5.13. The van der Waals surface area contributed by atoms with Gasteiger partial charge in [-0.2, -0.15) is 0 Å². The van der Waals surface area contributed by atoms with Crippen LogP contribution in [0.15, 0.2) is 18.2 Å². The maximum Gasteiger partial charge on any atom is 0.128 e. The lowest BCUT2D eigenvalue weighted by Crippen LogP contribution is -2.00. The van der Waals surface area contributed by atoms with Crippen molar-refractivity contribution in [2.75, 3.05) is 14.2 Å². The predicted octanol–water partition coefficient (Wildman–Crippen LogP) is 2.54. The fourth-order valence-corrected chi connectivity index (χ4v) is 1.52. The molecule has 0 aromatic heterocycles. The van der Waals surface area contributed by atoms with Gasteiger partial charge in [0.1, 0.15) is 11.5 Å². The molecule has 0 spiro atoms. The minimum atomic E-state index is -0.462. The van der Waals surface area contributed by atoms with Gasteiger partial charge in [0.25, 0.3) is 0 Å². The van der Waals surface area contributed by atoms with E-state index in [1.807, 2.05) is 19.1 Å². The van der Waals surface area contributed by atoms with Gasteiger partial charge in [-0.05, 0) is 18.6 Å². The van der Waals surface area contributed by atoms with Crippen LogP contribution in [0.5, 0.6) is 11.5 Å². The average Bonchev–Trinajstić information content (AvgIpc) is 2.28. The molecule has 0 bridgehead atoms. The van der Waals surface area contributed by atoms with Gasteiger partial charge in [0, 0.05) is 11.6 Å². The third-order valence-corrected chi connectivity index (χ3v) is 2.36. The van der Waals surface area contributed by atoms with Crippen molar-refractivity contribution >= 4 is 0 Å². The van der Waals surface area contributed by atoms with E-state index in [1.54, 1.807) is 20.3 Å². The van der Waals surface area contributed by atoms with Gasteiger partial charge in [0.05, 0.1) is 20.3 Å². The van der Waals surface area contributed by atoms with E-state index >= 15 is 0 Å². The smallest absolute Gasteiger partial charge is 0.128 e. The Hall–Kier alpha value is -1.22. The van der Waals surface area contributed by atoms with Gasteiger partial charge in [-0.3, -0.25) is 0 Å². The molecule has 1 rings (SSSR count). The van der Waals surface area contributed by atoms with E-state index in [4.69, 9.17) is 9.47 Å². The molecule has 84 valence electrons. The highest BCUT2D eigenvalue weighted by Gasteiger charge is 2.12. The van der Waals surface area contributed by atoms with Gasteiger partial charge in [-0.1, -0.05) is 13.3 Å². The molecule has 0 fully saturated rings. The zero-order valence-corrected chi connectivity index (χ0v) is 9.49. The van der Waals surface area contributed by atoms with Crippen molar-refractivity contribution in [2.45, 2.75) is 25.9 Å². The maximum absolute atomic E-state index is 9.88. The quantitative estimate of drug-likeness (QED) is 0.811. The van der Waals surface area contributed by atoms with Gasteiger partial charge in [-0.25, -0.2) is 0 Å². The van der Waals surface area contributed by atoms with E-state index in [1.165, 1.54) is 0 Å². The zero-order chi connectivity index (χ0) is 11.3. The Morgan fingerprint density at radius 2 is 2.00 bits per heavy atom. The van der Waals surface area contributed by atoms with Crippen LogP contribution in [0.4, 0.5) is 0 Å². The average molecular weight is 210 g/mol. The third kappa shape index (κ3) is 2.86. The lowest BCUT2D eigenvalue weighted by Gasteiger charge is -2.14. The molecule has 0 radical (unpaired) electrons. The van der Waals surface area contributed by atoms with Gasteiger partial charge in [0.2, 0.25) is 0 Å². The fraction of sp³-hybridized carbons (Fsp3) is 0.500. The summed E-state index contributed by atoms with van der Waals surface area (Å²) in [5, 5.41) is 9.88. The van der Waals surface area contributed by atoms with Crippen LogP contribution in [0.2, 0.25) is 0 Å². The molecule has 1 unspecified atom stereocenters. The number of aliphatic hydroxyl groups excluding tert-OH is 1. The van der Waals surface area contributed by atoms with Crippen molar-refractivity contribution in [3.05, 3.63) is 23.8 Å². The summed E-state index contributed by atoms with van der Waals surface area (Å²) in [6.07, 6.45) is 1.22. The number of hydrogen-bond donors (Lipinski definition) is 1. The first kappa shape index (κ1) is 11.9. The Bertz CT molecular complexity index is 310. The van der Waals surface area contributed by atoms with E-state index in [2.05, 4.69) is 0 Å². The summed E-state index contributed by atoms with van der Waals surface area (Å²) in [7, 11) is 3.20. The first-order valence-corrected chi connectivity index (χ1v) is 5.13. The molecule has 0 aliphatic rings. The van der Waals surface area contributed by atoms with Gasteiger partial charge in [0.15, 0.2) is 0 Å². The van der Waals surface area contributed by atoms with Crippen molar-refractivity contribution in [3.63, 3.8) is 0 Å². The highest BCUT2D eigenvalue weighted by atomic mass is 16.5. The van der Waals surface area contributed by atoms with Crippen LogP contribution in [-0.2, 0) is 0 Å². The fourth-order valence-electron chi connectivity index (χ4n) is 1.52. The molecule has 0 aliphatic heterocycles. The number of methoxy groups -OCH3 is 2. The summed E-state index contributed by atoms with van der Waals surface area (Å²) in [6.45, 7) is 2.04. The number of ether oxygens (including phenoxy) is 2. The van der Waals surface area contributed by atoms with Gasteiger partial charge >= 0.3 is 0 Å². The molecule has 1 atom stereocenters. The molecule has 0 heterocycles. The molecule has 0 saturated carbocycles. The molecule has 15 heavy (non-hydrogen) atoms. The van der Waals surface area contributed by atoms with Crippen molar-refractivity contribution in [1.29, 1.82) is 0 Å². The number of benzene rings is 1. The van der Waals surface area contributed by atoms with Crippen molar-refractivity contribution in [1.82, 2.24) is 0 Å². The van der Waals surface area contributed by atoms with Crippen LogP contribution in [-0.4, -0.2) is 19.3 Å². The second-order valence-electron chi connectivity index (χ2n) is 3.41. The van der Waals surface area contributed by atoms with E-state index < -0.39 is 6.10 Å². The van der Waals surface area contributed by atoms with Crippen LogP contribution < -0.4 is 9.47 Å². The van der Waals surface area contributed by atoms with Crippen LogP contribution in [0.1, 0.15) is 31.4 Å². The molecule has 3 heteroatoms. The number of aliphatic hydroxyl groups is 1. The molecule has 3 nitrogen and oxygen atoms in total. The summed E-state index contributed by atoms with van der Waals surface area (Å²) in [6, 6.07) is 5.46. The summed E-state index contributed by atoms with van der Waals surface area (Å²) in [5.74, 6) is 1.41. The maximum atomic E-state index is 9.88. The molecule has 0 aliphatic carbocycles.